The lowest BCUT2D eigenvalue weighted by atomic mass is 10.2. The number of imidazole rings is 1. The standard InChI is InChI=1S/C21H17BrN6O2/c1-13-25-19(28-8-7-24-14(28)2)10-20(26-13)30-18-5-3-17(4-6-18)27-21(29)15-9-16(22)12-23-11-15/h3-12H,1-2H3,(H,27,29). The molecular weight excluding hydrogens is 448 g/mol. The molecule has 0 aliphatic carbocycles. The third-order valence-corrected chi connectivity index (χ3v) is 4.61. The van der Waals surface area contributed by atoms with Crippen molar-refractivity contribution in [2.45, 2.75) is 13.8 Å². The predicted molar refractivity (Wildman–Crippen MR) is 115 cm³/mol. The Kier molecular flexibility index (Phi) is 5.53. The topological polar surface area (TPSA) is 94.8 Å². The number of aryl methyl sites for hydroxylation is 2. The van der Waals surface area contributed by atoms with Gasteiger partial charge in [0, 0.05) is 41.0 Å². The molecule has 0 spiro atoms. The molecule has 0 bridgehead atoms. The molecule has 0 aliphatic heterocycles. The summed E-state index contributed by atoms with van der Waals surface area (Å²) in [7, 11) is 0. The number of aromatic nitrogens is 5. The van der Waals surface area contributed by atoms with Gasteiger partial charge < -0.3 is 10.1 Å². The Balaban J connectivity index is 1.48. The van der Waals surface area contributed by atoms with Gasteiger partial charge in [-0.05, 0) is 60.1 Å². The molecule has 0 radical (unpaired) electrons. The monoisotopic (exact) mass is 464 g/mol. The van der Waals surface area contributed by atoms with Crippen LogP contribution in [0.15, 0.2) is 65.7 Å². The van der Waals surface area contributed by atoms with E-state index in [9.17, 15) is 4.79 Å². The van der Waals surface area contributed by atoms with Crippen LogP contribution in [0, 0.1) is 13.8 Å². The lowest BCUT2D eigenvalue weighted by Gasteiger charge is -2.10. The highest BCUT2D eigenvalue weighted by atomic mass is 79.9. The number of benzene rings is 1. The first kappa shape index (κ1) is 19.7. The van der Waals surface area contributed by atoms with Crippen molar-refractivity contribution < 1.29 is 9.53 Å². The third-order valence-electron chi connectivity index (χ3n) is 4.18. The Hall–Kier alpha value is -3.59. The molecule has 0 saturated heterocycles. The Morgan fingerprint density at radius 3 is 2.60 bits per heavy atom. The fourth-order valence-corrected chi connectivity index (χ4v) is 3.15. The van der Waals surface area contributed by atoms with Crippen LogP contribution in [0.4, 0.5) is 5.69 Å². The molecule has 0 aliphatic rings. The molecule has 150 valence electrons. The van der Waals surface area contributed by atoms with Crippen molar-refractivity contribution >= 4 is 27.5 Å². The van der Waals surface area contributed by atoms with Crippen LogP contribution in [0.5, 0.6) is 11.6 Å². The quantitative estimate of drug-likeness (QED) is 0.467. The number of nitrogens with one attached hydrogen (secondary N) is 1. The Bertz CT molecular complexity index is 1210. The molecule has 3 aromatic heterocycles. The van der Waals surface area contributed by atoms with Crippen molar-refractivity contribution in [3.8, 4) is 17.4 Å². The summed E-state index contributed by atoms with van der Waals surface area (Å²) in [6, 6.07) is 10.5. The number of ether oxygens (including phenoxy) is 1. The molecule has 4 rings (SSSR count). The number of carbonyl (C=O) groups excluding carboxylic acids is 1. The second-order valence-corrected chi connectivity index (χ2v) is 7.34. The molecule has 0 saturated carbocycles. The molecule has 0 fully saturated rings. The van der Waals surface area contributed by atoms with Crippen LogP contribution < -0.4 is 10.1 Å². The number of carbonyl (C=O) groups is 1. The summed E-state index contributed by atoms with van der Waals surface area (Å²) >= 11 is 3.31. The number of hydrogen-bond acceptors (Lipinski definition) is 6. The van der Waals surface area contributed by atoms with E-state index in [0.717, 1.165) is 10.3 Å². The summed E-state index contributed by atoms with van der Waals surface area (Å²) < 4.78 is 8.48. The first-order valence-electron chi connectivity index (χ1n) is 9.04. The minimum Gasteiger partial charge on any atom is -0.439 e. The zero-order valence-corrected chi connectivity index (χ0v) is 17.8. The maximum atomic E-state index is 12.3. The lowest BCUT2D eigenvalue weighted by molar-refractivity contribution is 0.102. The smallest absolute Gasteiger partial charge is 0.257 e. The first-order valence-corrected chi connectivity index (χ1v) is 9.83. The maximum absolute atomic E-state index is 12.3. The number of amides is 1. The molecule has 1 amide bonds. The molecule has 8 nitrogen and oxygen atoms in total. The average molecular weight is 465 g/mol. The van der Waals surface area contributed by atoms with Crippen LogP contribution in [0.3, 0.4) is 0 Å². The molecule has 1 N–H and O–H groups in total. The summed E-state index contributed by atoms with van der Waals surface area (Å²) in [6.45, 7) is 3.70. The van der Waals surface area contributed by atoms with Crippen LogP contribution in [-0.4, -0.2) is 30.4 Å². The normalized spacial score (nSPS) is 10.6. The highest BCUT2D eigenvalue weighted by Crippen LogP contribution is 2.24. The fraction of sp³-hybridized carbons (Fsp3) is 0.0952. The van der Waals surface area contributed by atoms with E-state index in [1.165, 1.54) is 6.20 Å². The van der Waals surface area contributed by atoms with Gasteiger partial charge in [-0.15, -0.1) is 0 Å². The summed E-state index contributed by atoms with van der Waals surface area (Å²) in [5.41, 5.74) is 1.10. The van der Waals surface area contributed by atoms with Gasteiger partial charge in [0.25, 0.3) is 5.91 Å². The number of hydrogen-bond donors (Lipinski definition) is 1. The molecule has 4 aromatic rings. The third kappa shape index (κ3) is 4.52. The molecule has 1 aromatic carbocycles. The fourth-order valence-electron chi connectivity index (χ4n) is 2.79. The Labute approximate surface area is 181 Å². The van der Waals surface area contributed by atoms with E-state index in [1.54, 1.807) is 55.7 Å². The summed E-state index contributed by atoms with van der Waals surface area (Å²) in [5.74, 6) is 2.84. The van der Waals surface area contributed by atoms with Crippen molar-refractivity contribution in [1.82, 2.24) is 24.5 Å². The van der Waals surface area contributed by atoms with Crippen molar-refractivity contribution in [1.29, 1.82) is 0 Å². The Morgan fingerprint density at radius 2 is 1.90 bits per heavy atom. The molecule has 30 heavy (non-hydrogen) atoms. The predicted octanol–water partition coefficient (Wildman–Crippen LogP) is 4.48. The second-order valence-electron chi connectivity index (χ2n) is 6.43. The van der Waals surface area contributed by atoms with E-state index in [-0.39, 0.29) is 5.91 Å². The van der Waals surface area contributed by atoms with Gasteiger partial charge in [-0.2, -0.15) is 4.98 Å². The number of anilines is 1. The van der Waals surface area contributed by atoms with Gasteiger partial charge >= 0.3 is 0 Å². The first-order chi connectivity index (χ1) is 14.5. The van der Waals surface area contributed by atoms with Crippen molar-refractivity contribution in [2.24, 2.45) is 0 Å². The van der Waals surface area contributed by atoms with Gasteiger partial charge in [0.05, 0.1) is 5.56 Å². The minimum absolute atomic E-state index is 0.246. The zero-order valence-electron chi connectivity index (χ0n) is 16.2. The van der Waals surface area contributed by atoms with Crippen LogP contribution in [0.25, 0.3) is 5.82 Å². The summed E-state index contributed by atoms with van der Waals surface area (Å²) in [6.07, 6.45) is 6.68. The zero-order chi connectivity index (χ0) is 21.1. The highest BCUT2D eigenvalue weighted by Gasteiger charge is 2.10. The molecule has 3 heterocycles. The van der Waals surface area contributed by atoms with E-state index in [2.05, 4.69) is 41.2 Å². The van der Waals surface area contributed by atoms with Gasteiger partial charge in [-0.1, -0.05) is 0 Å². The van der Waals surface area contributed by atoms with Crippen molar-refractivity contribution in [2.75, 3.05) is 5.32 Å². The van der Waals surface area contributed by atoms with Crippen LogP contribution in [0.1, 0.15) is 22.0 Å². The minimum atomic E-state index is -0.246. The van der Waals surface area contributed by atoms with Gasteiger partial charge in [0.15, 0.2) is 0 Å². The van der Waals surface area contributed by atoms with E-state index in [1.807, 2.05) is 17.7 Å². The van der Waals surface area contributed by atoms with Crippen LogP contribution >= 0.6 is 15.9 Å². The van der Waals surface area contributed by atoms with Gasteiger partial charge in [0.1, 0.15) is 23.2 Å². The van der Waals surface area contributed by atoms with Gasteiger partial charge in [0.2, 0.25) is 5.88 Å². The number of nitrogens with zero attached hydrogens (tertiary/aromatic N) is 5. The molecule has 0 unspecified atom stereocenters. The van der Waals surface area contributed by atoms with Crippen molar-refractivity contribution in [3.63, 3.8) is 0 Å². The van der Waals surface area contributed by atoms with E-state index >= 15 is 0 Å². The average Bonchev–Trinajstić information content (AvgIpc) is 3.15. The number of rotatable bonds is 5. The molecule has 9 heteroatoms. The van der Waals surface area contributed by atoms with E-state index < -0.39 is 0 Å². The van der Waals surface area contributed by atoms with Crippen LogP contribution in [-0.2, 0) is 0 Å². The molecular formula is C21H17BrN6O2. The number of pyridine rings is 1. The highest BCUT2D eigenvalue weighted by molar-refractivity contribution is 9.10. The number of halogens is 1. The van der Waals surface area contributed by atoms with Crippen LogP contribution in [0.2, 0.25) is 0 Å². The van der Waals surface area contributed by atoms with Gasteiger partial charge in [-0.3, -0.25) is 14.3 Å². The SMILES string of the molecule is Cc1nc(Oc2ccc(NC(=O)c3cncc(Br)c3)cc2)cc(-n2ccnc2C)n1. The summed E-state index contributed by atoms with van der Waals surface area (Å²) in [4.78, 5) is 29.3. The maximum Gasteiger partial charge on any atom is 0.257 e. The van der Waals surface area contributed by atoms with E-state index in [0.29, 0.717) is 34.5 Å². The second kappa shape index (κ2) is 8.42. The van der Waals surface area contributed by atoms with E-state index in [4.69, 9.17) is 4.74 Å². The van der Waals surface area contributed by atoms with Crippen molar-refractivity contribution in [3.05, 3.63) is 82.9 Å². The lowest BCUT2D eigenvalue weighted by Crippen LogP contribution is -2.12. The van der Waals surface area contributed by atoms with Gasteiger partial charge in [-0.25, -0.2) is 9.97 Å². The molecule has 0 atom stereocenters. The summed E-state index contributed by atoms with van der Waals surface area (Å²) in [5, 5.41) is 2.83. The largest absolute Gasteiger partial charge is 0.439 e. The Morgan fingerprint density at radius 1 is 1.10 bits per heavy atom.